The monoisotopic (exact) mass is 521 g/mol. The maximum atomic E-state index is 13.3. The van der Waals surface area contributed by atoms with Gasteiger partial charge >= 0.3 is 5.97 Å². The lowest BCUT2D eigenvalue weighted by molar-refractivity contribution is -0.907. The highest BCUT2D eigenvalue weighted by Crippen LogP contribution is 2.42. The van der Waals surface area contributed by atoms with Crippen LogP contribution >= 0.6 is 0 Å². The fourth-order valence-electron chi connectivity index (χ4n) is 5.05. The van der Waals surface area contributed by atoms with E-state index < -0.39 is 11.6 Å². The van der Waals surface area contributed by atoms with Gasteiger partial charge < -0.3 is 41.1 Å². The number of piperidine rings is 1. The molecule has 1 saturated carbocycles. The molecule has 2 fully saturated rings. The molecule has 2 aliphatic rings. The first kappa shape index (κ1) is 25.4. The van der Waals surface area contributed by atoms with Crippen LogP contribution in [0, 0.1) is 5.92 Å². The summed E-state index contributed by atoms with van der Waals surface area (Å²) < 4.78 is 11.2. The number of quaternary nitrogens is 1. The highest BCUT2D eigenvalue weighted by atomic mass is 79.9. The quantitative estimate of drug-likeness (QED) is 0.388. The number of anilines is 1. The van der Waals surface area contributed by atoms with Gasteiger partial charge in [-0.15, -0.1) is 0 Å². The van der Waals surface area contributed by atoms with Gasteiger partial charge in [-0.05, 0) is 18.4 Å². The number of hydrogen-bond acceptors (Lipinski definition) is 6. The second kappa shape index (κ2) is 10.8. The molecular weight excluding hydrogens is 490 g/mol. The number of ether oxygens (including phenoxy) is 1. The lowest BCUT2D eigenvalue weighted by atomic mass is 9.80. The molecule has 4 rings (SSSR count). The van der Waals surface area contributed by atoms with Gasteiger partial charge in [0.2, 0.25) is 0 Å². The summed E-state index contributed by atoms with van der Waals surface area (Å²) >= 11 is 0. The third kappa shape index (κ3) is 5.83. The zero-order chi connectivity index (χ0) is 22.6. The van der Waals surface area contributed by atoms with Gasteiger partial charge in [0, 0.05) is 24.8 Å². The van der Waals surface area contributed by atoms with E-state index in [9.17, 15) is 14.7 Å². The van der Waals surface area contributed by atoms with Crippen molar-refractivity contribution in [2.45, 2.75) is 50.2 Å². The number of amides is 1. The van der Waals surface area contributed by atoms with E-state index in [-0.39, 0.29) is 34.9 Å². The summed E-state index contributed by atoms with van der Waals surface area (Å²) in [5.41, 5.74) is -0.997. The minimum Gasteiger partial charge on any atom is -1.00 e. The molecule has 1 aliphatic heterocycles. The topological polar surface area (TPSA) is 102 Å². The molecule has 1 aromatic carbocycles. The van der Waals surface area contributed by atoms with Gasteiger partial charge in [-0.2, -0.15) is 0 Å². The van der Waals surface area contributed by atoms with Crippen molar-refractivity contribution in [3.63, 3.8) is 0 Å². The van der Waals surface area contributed by atoms with Crippen LogP contribution in [0.3, 0.4) is 0 Å². The average Bonchev–Trinajstić information content (AvgIpc) is 3.50. The van der Waals surface area contributed by atoms with Crippen molar-refractivity contribution < 1.29 is 45.4 Å². The Bertz CT molecular complexity index is 909. The molecule has 2 heterocycles. The second-order valence-corrected chi connectivity index (χ2v) is 9.38. The summed E-state index contributed by atoms with van der Waals surface area (Å²) in [6, 6.07) is 10.8. The minimum atomic E-state index is -1.61. The van der Waals surface area contributed by atoms with Gasteiger partial charge in [0.05, 0.1) is 20.1 Å². The maximum absolute atomic E-state index is 13.3. The summed E-state index contributed by atoms with van der Waals surface area (Å²) in [6.45, 7) is 1.72. The molecule has 1 amide bonds. The first-order chi connectivity index (χ1) is 15.4. The van der Waals surface area contributed by atoms with Crippen molar-refractivity contribution in [1.29, 1.82) is 0 Å². The molecule has 0 radical (unpaired) electrons. The predicted octanol–water partition coefficient (Wildman–Crippen LogP) is -0.153. The van der Waals surface area contributed by atoms with Crippen molar-refractivity contribution in [3.8, 4) is 0 Å². The van der Waals surface area contributed by atoms with E-state index in [1.165, 1.54) is 6.26 Å². The van der Waals surface area contributed by atoms with Crippen LogP contribution < -0.4 is 22.3 Å². The fraction of sp³-hybridized carbons (Fsp3) is 0.542. The number of hydrogen-bond donors (Lipinski definition) is 2. The highest BCUT2D eigenvalue weighted by molar-refractivity contribution is 5.90. The third-order valence-electron chi connectivity index (χ3n) is 6.96. The number of nitrogens with zero attached hydrogens (tertiary/aromatic N) is 2. The normalized spacial score (nSPS) is 25.0. The van der Waals surface area contributed by atoms with E-state index in [2.05, 4.69) is 10.5 Å². The van der Waals surface area contributed by atoms with Crippen LogP contribution in [-0.4, -0.2) is 59.4 Å². The van der Waals surface area contributed by atoms with Crippen LogP contribution in [0.2, 0.25) is 0 Å². The zero-order valence-electron chi connectivity index (χ0n) is 18.9. The van der Waals surface area contributed by atoms with Crippen LogP contribution in [0.1, 0.15) is 44.1 Å². The Balaban J connectivity index is 0.00000306. The van der Waals surface area contributed by atoms with Crippen LogP contribution in [0.15, 0.2) is 47.2 Å². The Morgan fingerprint density at radius 3 is 2.42 bits per heavy atom. The van der Waals surface area contributed by atoms with Crippen molar-refractivity contribution in [2.75, 3.05) is 32.0 Å². The first-order valence-electron chi connectivity index (χ1n) is 11.4. The SMILES string of the molecule is C[N+]1(CC(=O)Nc2ccon2)CCC(OC(=O)C(O)(c2ccccc2)C2CCCC2)CC1.[Br-]. The molecule has 1 saturated heterocycles. The molecule has 2 aromatic rings. The number of likely N-dealkylation sites (N-methyl/N-ethyl adjacent to an activating group) is 1. The Morgan fingerprint density at radius 2 is 1.82 bits per heavy atom. The number of aliphatic hydroxyl groups is 1. The molecule has 8 nitrogen and oxygen atoms in total. The Labute approximate surface area is 204 Å². The lowest BCUT2D eigenvalue weighted by Crippen LogP contribution is -3.00. The van der Waals surface area contributed by atoms with Gasteiger partial charge in [-0.1, -0.05) is 48.3 Å². The summed E-state index contributed by atoms with van der Waals surface area (Å²) in [4.78, 5) is 25.6. The van der Waals surface area contributed by atoms with Crippen LogP contribution in [0.25, 0.3) is 0 Å². The number of rotatable bonds is 7. The van der Waals surface area contributed by atoms with E-state index in [1.807, 2.05) is 37.4 Å². The zero-order valence-corrected chi connectivity index (χ0v) is 20.5. The van der Waals surface area contributed by atoms with E-state index in [1.54, 1.807) is 6.07 Å². The number of likely N-dealkylation sites (tertiary alicyclic amines) is 1. The number of carbonyl (C=O) groups is 2. The number of aromatic nitrogens is 1. The molecular formula is C24H32BrN3O5. The molecule has 0 bridgehead atoms. The Hall–Kier alpha value is -2.23. The molecule has 0 spiro atoms. The number of nitrogens with one attached hydrogen (secondary N) is 1. The second-order valence-electron chi connectivity index (χ2n) is 9.38. The maximum Gasteiger partial charge on any atom is 0.343 e. The number of esters is 1. The van der Waals surface area contributed by atoms with Gasteiger partial charge in [0.25, 0.3) is 5.91 Å². The first-order valence-corrected chi connectivity index (χ1v) is 11.4. The lowest BCUT2D eigenvalue weighted by Gasteiger charge is -2.40. The van der Waals surface area contributed by atoms with Gasteiger partial charge in [0.1, 0.15) is 12.4 Å². The predicted molar refractivity (Wildman–Crippen MR) is 117 cm³/mol. The number of carbonyl (C=O) groups excluding carboxylic acids is 2. The van der Waals surface area contributed by atoms with Crippen molar-refractivity contribution >= 4 is 17.7 Å². The standard InChI is InChI=1S/C24H31N3O5.BrH/c1-27(17-22(28)25-21-13-16-31-26-21)14-11-20(12-15-27)32-23(29)24(30,19-9-5-6-10-19)18-7-3-2-4-8-18;/h2-4,7-8,13,16,19-20,30H,5-6,9-12,14-15,17H2,1H3;1H. The van der Waals surface area contributed by atoms with Crippen LogP contribution in [-0.2, 0) is 19.9 Å². The molecule has 1 atom stereocenters. The Kier molecular flexibility index (Phi) is 8.31. The van der Waals surface area contributed by atoms with Gasteiger partial charge in [-0.3, -0.25) is 4.79 Å². The summed E-state index contributed by atoms with van der Waals surface area (Å²) in [7, 11) is 2.03. The smallest absolute Gasteiger partial charge is 0.343 e. The van der Waals surface area contributed by atoms with E-state index in [0.717, 1.165) is 25.7 Å². The largest absolute Gasteiger partial charge is 1.00 e. The van der Waals surface area contributed by atoms with Crippen LogP contribution in [0.4, 0.5) is 5.82 Å². The molecule has 1 unspecified atom stereocenters. The van der Waals surface area contributed by atoms with Crippen LogP contribution in [0.5, 0.6) is 0 Å². The summed E-state index contributed by atoms with van der Waals surface area (Å²) in [5.74, 6) is -0.392. The van der Waals surface area contributed by atoms with E-state index in [0.29, 0.717) is 48.3 Å². The average molecular weight is 522 g/mol. The third-order valence-corrected chi connectivity index (χ3v) is 6.96. The molecule has 9 heteroatoms. The van der Waals surface area contributed by atoms with Crippen molar-refractivity contribution in [3.05, 3.63) is 48.2 Å². The summed E-state index contributed by atoms with van der Waals surface area (Å²) in [6.07, 6.45) is 6.12. The number of halogens is 1. The van der Waals surface area contributed by atoms with Crippen molar-refractivity contribution in [1.82, 2.24) is 5.16 Å². The highest BCUT2D eigenvalue weighted by Gasteiger charge is 2.49. The molecule has 1 aromatic heterocycles. The van der Waals surface area contributed by atoms with E-state index in [4.69, 9.17) is 9.26 Å². The minimum absolute atomic E-state index is 0. The molecule has 2 N–H and O–H groups in total. The summed E-state index contributed by atoms with van der Waals surface area (Å²) in [5, 5.41) is 18.0. The molecule has 1 aliphatic carbocycles. The molecule has 33 heavy (non-hydrogen) atoms. The number of benzene rings is 1. The van der Waals surface area contributed by atoms with E-state index >= 15 is 0 Å². The fourth-order valence-corrected chi connectivity index (χ4v) is 5.05. The van der Waals surface area contributed by atoms with Crippen molar-refractivity contribution in [2.24, 2.45) is 5.92 Å². The van der Waals surface area contributed by atoms with Gasteiger partial charge in [-0.25, -0.2) is 4.79 Å². The Morgan fingerprint density at radius 1 is 1.15 bits per heavy atom. The molecule has 180 valence electrons. The van der Waals surface area contributed by atoms with Gasteiger partial charge in [0.15, 0.2) is 18.0 Å².